The Hall–Kier alpha value is -2.00. The van der Waals surface area contributed by atoms with Gasteiger partial charge in [0.2, 0.25) is 4.73 Å². The molecule has 1 aliphatic heterocycles. The highest BCUT2D eigenvalue weighted by atomic mass is 79.9. The van der Waals surface area contributed by atoms with Crippen molar-refractivity contribution in [2.75, 3.05) is 24.6 Å². The smallest absolute Gasteiger partial charge is 0.218 e. The monoisotopic (exact) mass is 419 g/mol. The van der Waals surface area contributed by atoms with Crippen LogP contribution in [0.4, 0.5) is 5.82 Å². The normalized spacial score (nSPS) is 16.3. The van der Waals surface area contributed by atoms with Crippen LogP contribution in [0.1, 0.15) is 39.3 Å². The molecule has 8 nitrogen and oxygen atoms in total. The van der Waals surface area contributed by atoms with E-state index < -0.39 is 0 Å². The van der Waals surface area contributed by atoms with E-state index in [2.05, 4.69) is 36.0 Å². The average Bonchev–Trinajstić information content (AvgIpc) is 3.27. The van der Waals surface area contributed by atoms with Gasteiger partial charge in [-0.2, -0.15) is 14.6 Å². The number of ether oxygens (including phenoxy) is 1. The van der Waals surface area contributed by atoms with E-state index in [4.69, 9.17) is 9.72 Å². The van der Waals surface area contributed by atoms with Crippen LogP contribution in [0.5, 0.6) is 0 Å². The number of halogens is 1. The summed E-state index contributed by atoms with van der Waals surface area (Å²) in [6.45, 7) is 6.60. The minimum Gasteiger partial charge on any atom is -0.357 e. The Kier molecular flexibility index (Phi) is 4.90. The van der Waals surface area contributed by atoms with Crippen LogP contribution in [0, 0.1) is 0 Å². The van der Waals surface area contributed by atoms with Crippen LogP contribution in [0.25, 0.3) is 16.9 Å². The Labute approximate surface area is 160 Å². The van der Waals surface area contributed by atoms with Gasteiger partial charge in [-0.15, -0.1) is 5.10 Å². The van der Waals surface area contributed by atoms with Crippen LogP contribution >= 0.6 is 15.9 Å². The van der Waals surface area contributed by atoms with Crippen LogP contribution in [0.3, 0.4) is 0 Å². The number of anilines is 1. The summed E-state index contributed by atoms with van der Waals surface area (Å²) in [7, 11) is 0. The van der Waals surface area contributed by atoms with E-state index in [1.54, 1.807) is 6.20 Å². The topological polar surface area (TPSA) is 73.4 Å². The lowest BCUT2D eigenvalue weighted by Crippen LogP contribution is -2.32. The van der Waals surface area contributed by atoms with E-state index >= 15 is 0 Å². The summed E-state index contributed by atoms with van der Waals surface area (Å²) in [5.74, 6) is 0.976. The average molecular weight is 420 g/mol. The zero-order chi connectivity index (χ0) is 18.1. The number of piperidine rings is 1. The second-order valence-corrected chi connectivity index (χ2v) is 7.10. The Morgan fingerprint density at radius 2 is 2.04 bits per heavy atom. The molecule has 0 bridgehead atoms. The molecule has 0 saturated carbocycles. The standard InChI is InChI=1S/C17H22BrN7O/c1-3-26-12(2)24-11-13(9-20-24)15-16(23-7-5-4-6-8-23)25-14(10-19-15)21-17(18)22-25/h9-12H,3-8H2,1-2H3. The van der Waals surface area contributed by atoms with Gasteiger partial charge < -0.3 is 9.64 Å². The first-order chi connectivity index (χ1) is 12.7. The molecule has 1 unspecified atom stereocenters. The van der Waals surface area contributed by atoms with Gasteiger partial charge in [-0.1, -0.05) is 0 Å². The summed E-state index contributed by atoms with van der Waals surface area (Å²) >= 11 is 3.38. The summed E-state index contributed by atoms with van der Waals surface area (Å²) in [4.78, 5) is 11.5. The molecule has 0 radical (unpaired) electrons. The maximum absolute atomic E-state index is 5.63. The fourth-order valence-corrected chi connectivity index (χ4v) is 3.73. The summed E-state index contributed by atoms with van der Waals surface area (Å²) in [6, 6.07) is 0. The highest BCUT2D eigenvalue weighted by molar-refractivity contribution is 9.10. The van der Waals surface area contributed by atoms with Crippen molar-refractivity contribution in [2.24, 2.45) is 0 Å². The Morgan fingerprint density at radius 1 is 1.23 bits per heavy atom. The van der Waals surface area contributed by atoms with Crippen molar-refractivity contribution >= 4 is 27.4 Å². The molecule has 4 heterocycles. The molecule has 0 aliphatic carbocycles. The quantitative estimate of drug-likeness (QED) is 0.631. The maximum atomic E-state index is 5.63. The number of nitrogens with zero attached hydrogens (tertiary/aromatic N) is 7. The molecule has 1 saturated heterocycles. The molecule has 0 spiro atoms. The van der Waals surface area contributed by atoms with Gasteiger partial charge in [-0.05, 0) is 49.0 Å². The molecule has 4 rings (SSSR count). The summed E-state index contributed by atoms with van der Waals surface area (Å²) in [5, 5.41) is 9.00. The van der Waals surface area contributed by atoms with Gasteiger partial charge in [0.05, 0.1) is 12.4 Å². The van der Waals surface area contributed by atoms with E-state index in [1.807, 2.05) is 35.4 Å². The SMILES string of the molecule is CCOC(C)n1cc(-c2ncc3nc(Br)nn3c2N2CCCCC2)cn1. The van der Waals surface area contributed by atoms with E-state index in [-0.39, 0.29) is 6.23 Å². The third-order valence-corrected chi connectivity index (χ3v) is 4.97. The van der Waals surface area contributed by atoms with E-state index in [0.29, 0.717) is 11.3 Å². The van der Waals surface area contributed by atoms with Crippen molar-refractivity contribution in [3.8, 4) is 11.3 Å². The van der Waals surface area contributed by atoms with Crippen molar-refractivity contribution in [1.29, 1.82) is 0 Å². The zero-order valence-corrected chi connectivity index (χ0v) is 16.6. The minimum absolute atomic E-state index is 0.114. The zero-order valence-electron chi connectivity index (χ0n) is 15.0. The van der Waals surface area contributed by atoms with Crippen LogP contribution in [-0.2, 0) is 4.74 Å². The van der Waals surface area contributed by atoms with Crippen LogP contribution < -0.4 is 4.90 Å². The molecular formula is C17H22BrN7O. The van der Waals surface area contributed by atoms with Gasteiger partial charge in [0.25, 0.3) is 0 Å². The van der Waals surface area contributed by atoms with E-state index in [0.717, 1.165) is 35.8 Å². The van der Waals surface area contributed by atoms with Gasteiger partial charge >= 0.3 is 0 Å². The highest BCUT2D eigenvalue weighted by Crippen LogP contribution is 2.31. The van der Waals surface area contributed by atoms with Crippen LogP contribution in [0.2, 0.25) is 0 Å². The maximum Gasteiger partial charge on any atom is 0.218 e. The fraction of sp³-hybridized carbons (Fsp3) is 0.529. The first kappa shape index (κ1) is 17.4. The summed E-state index contributed by atoms with van der Waals surface area (Å²) in [5.41, 5.74) is 2.55. The molecule has 0 amide bonds. The van der Waals surface area contributed by atoms with Gasteiger partial charge in [-0.25, -0.2) is 9.67 Å². The number of aromatic nitrogens is 6. The molecule has 3 aromatic rings. The first-order valence-corrected chi connectivity index (χ1v) is 9.79. The lowest BCUT2D eigenvalue weighted by atomic mass is 10.1. The second kappa shape index (κ2) is 7.32. The molecule has 3 aromatic heterocycles. The molecule has 138 valence electrons. The summed E-state index contributed by atoms with van der Waals surface area (Å²) < 4.78 is 9.90. The van der Waals surface area contributed by atoms with Crippen molar-refractivity contribution in [1.82, 2.24) is 29.4 Å². The van der Waals surface area contributed by atoms with Crippen LogP contribution in [0.15, 0.2) is 23.3 Å². The highest BCUT2D eigenvalue weighted by Gasteiger charge is 2.23. The number of fused-ring (bicyclic) bond motifs is 1. The minimum atomic E-state index is -0.114. The van der Waals surface area contributed by atoms with Gasteiger partial charge in [0, 0.05) is 31.5 Å². The Balaban J connectivity index is 1.81. The Bertz CT molecular complexity index is 900. The van der Waals surface area contributed by atoms with Crippen molar-refractivity contribution in [3.63, 3.8) is 0 Å². The third-order valence-electron chi connectivity index (χ3n) is 4.64. The number of hydrogen-bond acceptors (Lipinski definition) is 6. The molecule has 9 heteroatoms. The fourth-order valence-electron chi connectivity index (χ4n) is 3.39. The molecule has 26 heavy (non-hydrogen) atoms. The molecular weight excluding hydrogens is 398 g/mol. The second-order valence-electron chi connectivity index (χ2n) is 6.39. The first-order valence-electron chi connectivity index (χ1n) is 8.99. The van der Waals surface area contributed by atoms with Gasteiger partial charge in [0.1, 0.15) is 11.9 Å². The van der Waals surface area contributed by atoms with Crippen molar-refractivity contribution in [3.05, 3.63) is 23.3 Å². The lowest BCUT2D eigenvalue weighted by Gasteiger charge is -2.29. The largest absolute Gasteiger partial charge is 0.357 e. The van der Waals surface area contributed by atoms with E-state index in [9.17, 15) is 0 Å². The number of hydrogen-bond donors (Lipinski definition) is 0. The van der Waals surface area contributed by atoms with Crippen LogP contribution in [-0.4, -0.2) is 49.1 Å². The predicted octanol–water partition coefficient (Wildman–Crippen LogP) is 3.30. The van der Waals surface area contributed by atoms with Crippen molar-refractivity contribution < 1.29 is 4.74 Å². The molecule has 0 N–H and O–H groups in total. The number of rotatable bonds is 5. The van der Waals surface area contributed by atoms with Crippen molar-refractivity contribution in [2.45, 2.75) is 39.3 Å². The molecule has 1 aliphatic rings. The van der Waals surface area contributed by atoms with Gasteiger partial charge in [-0.3, -0.25) is 0 Å². The van der Waals surface area contributed by atoms with Gasteiger partial charge in [0.15, 0.2) is 11.5 Å². The predicted molar refractivity (Wildman–Crippen MR) is 102 cm³/mol. The molecule has 1 atom stereocenters. The Morgan fingerprint density at radius 3 is 2.81 bits per heavy atom. The summed E-state index contributed by atoms with van der Waals surface area (Å²) in [6.07, 6.45) is 9.07. The van der Waals surface area contributed by atoms with E-state index in [1.165, 1.54) is 19.3 Å². The third kappa shape index (κ3) is 3.21. The molecule has 1 fully saturated rings. The lowest BCUT2D eigenvalue weighted by molar-refractivity contribution is 0.0160. The molecule has 0 aromatic carbocycles.